The maximum Gasteiger partial charge on any atom is 0.122 e. The van der Waals surface area contributed by atoms with E-state index in [4.69, 9.17) is 4.74 Å². The van der Waals surface area contributed by atoms with Crippen LogP contribution in [0.25, 0.3) is 0 Å². The molecule has 17 heavy (non-hydrogen) atoms. The highest BCUT2D eigenvalue weighted by molar-refractivity contribution is 5.40. The molecule has 2 aromatic rings. The van der Waals surface area contributed by atoms with E-state index in [1.807, 2.05) is 13.0 Å². The fraction of sp³-hybridized carbons (Fsp3) is 0.250. The molecule has 0 bridgehead atoms. The second kappa shape index (κ2) is 5.53. The number of hydrogen-bond acceptors (Lipinski definition) is 1. The zero-order valence-electron chi connectivity index (χ0n) is 10.4. The largest absolute Gasteiger partial charge is 0.494 e. The Kier molecular flexibility index (Phi) is 3.81. The van der Waals surface area contributed by atoms with Gasteiger partial charge in [-0.3, -0.25) is 0 Å². The zero-order valence-corrected chi connectivity index (χ0v) is 10.4. The Morgan fingerprint density at radius 2 is 1.76 bits per heavy atom. The molecule has 2 aromatic carbocycles. The lowest BCUT2D eigenvalue weighted by Crippen LogP contribution is -1.98. The molecule has 0 aliphatic rings. The van der Waals surface area contributed by atoms with Gasteiger partial charge in [-0.15, -0.1) is 0 Å². The summed E-state index contributed by atoms with van der Waals surface area (Å²) in [5, 5.41) is 0. The van der Waals surface area contributed by atoms with Gasteiger partial charge >= 0.3 is 0 Å². The molecule has 0 N–H and O–H groups in total. The Hall–Kier alpha value is -1.76. The van der Waals surface area contributed by atoms with Gasteiger partial charge in [0.15, 0.2) is 0 Å². The van der Waals surface area contributed by atoms with Crippen molar-refractivity contribution in [2.24, 2.45) is 0 Å². The summed E-state index contributed by atoms with van der Waals surface area (Å²) in [5.74, 6) is 1.00. The van der Waals surface area contributed by atoms with Crippen molar-refractivity contribution in [2.75, 3.05) is 6.61 Å². The molecule has 0 fully saturated rings. The van der Waals surface area contributed by atoms with Gasteiger partial charge in [0.25, 0.3) is 0 Å². The van der Waals surface area contributed by atoms with Gasteiger partial charge in [-0.2, -0.15) is 0 Å². The minimum absolute atomic E-state index is 0.713. The highest BCUT2D eigenvalue weighted by atomic mass is 16.5. The fourth-order valence-electron chi connectivity index (χ4n) is 1.96. The van der Waals surface area contributed by atoms with Crippen LogP contribution in [-0.2, 0) is 6.42 Å². The van der Waals surface area contributed by atoms with Gasteiger partial charge in [-0.1, -0.05) is 48.0 Å². The summed E-state index contributed by atoms with van der Waals surface area (Å²) in [5.41, 5.74) is 3.86. The predicted octanol–water partition coefficient (Wildman–Crippen LogP) is 3.98. The monoisotopic (exact) mass is 226 g/mol. The fourth-order valence-corrected chi connectivity index (χ4v) is 1.96. The first-order valence-electron chi connectivity index (χ1n) is 6.06. The van der Waals surface area contributed by atoms with E-state index in [1.165, 1.54) is 16.7 Å². The van der Waals surface area contributed by atoms with E-state index in [-0.39, 0.29) is 0 Å². The first-order valence-corrected chi connectivity index (χ1v) is 6.06. The van der Waals surface area contributed by atoms with Gasteiger partial charge in [-0.25, -0.2) is 0 Å². The molecule has 0 spiro atoms. The quantitative estimate of drug-likeness (QED) is 0.766. The summed E-state index contributed by atoms with van der Waals surface area (Å²) in [6.07, 6.45) is 0.928. The first kappa shape index (κ1) is 11.7. The van der Waals surface area contributed by atoms with Gasteiger partial charge in [-0.05, 0) is 31.0 Å². The molecule has 0 aromatic heterocycles. The Morgan fingerprint density at radius 1 is 1.00 bits per heavy atom. The number of benzene rings is 2. The van der Waals surface area contributed by atoms with Gasteiger partial charge in [0.2, 0.25) is 0 Å². The second-order valence-electron chi connectivity index (χ2n) is 4.21. The highest BCUT2D eigenvalue weighted by Gasteiger charge is 2.04. The van der Waals surface area contributed by atoms with Gasteiger partial charge in [0.05, 0.1) is 6.61 Å². The van der Waals surface area contributed by atoms with Crippen LogP contribution >= 0.6 is 0 Å². The third-order valence-electron chi connectivity index (χ3n) is 2.75. The molecule has 88 valence electrons. The molecule has 0 saturated carbocycles. The second-order valence-corrected chi connectivity index (χ2v) is 4.21. The number of rotatable bonds is 4. The molecular weight excluding hydrogens is 208 g/mol. The smallest absolute Gasteiger partial charge is 0.122 e. The maximum absolute atomic E-state index is 5.66. The molecule has 0 saturated heterocycles. The van der Waals surface area contributed by atoms with Crippen molar-refractivity contribution >= 4 is 0 Å². The van der Waals surface area contributed by atoms with Crippen molar-refractivity contribution in [3.05, 3.63) is 65.2 Å². The average molecular weight is 226 g/mol. The van der Waals surface area contributed by atoms with Crippen LogP contribution in [0.2, 0.25) is 0 Å². The molecule has 0 atom stereocenters. The van der Waals surface area contributed by atoms with Crippen LogP contribution in [-0.4, -0.2) is 6.61 Å². The van der Waals surface area contributed by atoms with Crippen LogP contribution in [0.15, 0.2) is 48.5 Å². The lowest BCUT2D eigenvalue weighted by atomic mass is 10.0. The number of aryl methyl sites for hydroxylation is 1. The topological polar surface area (TPSA) is 9.23 Å². The maximum atomic E-state index is 5.66. The Bertz CT molecular complexity index is 474. The minimum atomic E-state index is 0.713. The van der Waals surface area contributed by atoms with Crippen LogP contribution in [0.4, 0.5) is 0 Å². The molecule has 0 amide bonds. The van der Waals surface area contributed by atoms with Crippen molar-refractivity contribution in [3.63, 3.8) is 0 Å². The van der Waals surface area contributed by atoms with E-state index < -0.39 is 0 Å². The predicted molar refractivity (Wildman–Crippen MR) is 71.6 cm³/mol. The van der Waals surface area contributed by atoms with Gasteiger partial charge in [0.1, 0.15) is 5.75 Å². The summed E-state index contributed by atoms with van der Waals surface area (Å²) in [6.45, 7) is 4.85. The van der Waals surface area contributed by atoms with E-state index in [0.717, 1.165) is 12.2 Å². The van der Waals surface area contributed by atoms with Crippen molar-refractivity contribution in [1.82, 2.24) is 0 Å². The van der Waals surface area contributed by atoms with E-state index in [2.05, 4.69) is 49.4 Å². The normalized spacial score (nSPS) is 10.2. The molecule has 0 aliphatic heterocycles. The molecular formula is C16H18O. The van der Waals surface area contributed by atoms with Crippen LogP contribution < -0.4 is 4.74 Å². The van der Waals surface area contributed by atoms with E-state index in [9.17, 15) is 0 Å². The molecule has 0 heterocycles. The minimum Gasteiger partial charge on any atom is -0.494 e. The number of hydrogen-bond donors (Lipinski definition) is 0. The summed E-state index contributed by atoms with van der Waals surface area (Å²) < 4.78 is 5.66. The lowest BCUT2D eigenvalue weighted by Gasteiger charge is -2.11. The van der Waals surface area contributed by atoms with Crippen LogP contribution in [0.1, 0.15) is 23.6 Å². The standard InChI is InChI=1S/C16H18O/c1-3-17-16-10-9-13(2)11-15(16)12-14-7-5-4-6-8-14/h4-11H,3,12H2,1-2H3. The van der Waals surface area contributed by atoms with Gasteiger partial charge < -0.3 is 4.74 Å². The van der Waals surface area contributed by atoms with Crippen molar-refractivity contribution in [1.29, 1.82) is 0 Å². The molecule has 1 heteroatoms. The summed E-state index contributed by atoms with van der Waals surface area (Å²) in [7, 11) is 0. The Morgan fingerprint density at radius 3 is 2.47 bits per heavy atom. The van der Waals surface area contributed by atoms with E-state index in [1.54, 1.807) is 0 Å². The molecule has 0 aliphatic carbocycles. The lowest BCUT2D eigenvalue weighted by molar-refractivity contribution is 0.337. The first-order chi connectivity index (χ1) is 8.29. The summed E-state index contributed by atoms with van der Waals surface area (Å²) in [4.78, 5) is 0. The Labute approximate surface area is 103 Å². The highest BCUT2D eigenvalue weighted by Crippen LogP contribution is 2.23. The van der Waals surface area contributed by atoms with Crippen molar-refractivity contribution in [3.8, 4) is 5.75 Å². The summed E-state index contributed by atoms with van der Waals surface area (Å²) in [6, 6.07) is 16.9. The molecule has 0 unspecified atom stereocenters. The van der Waals surface area contributed by atoms with Crippen LogP contribution in [0.3, 0.4) is 0 Å². The molecule has 0 radical (unpaired) electrons. The summed E-state index contributed by atoms with van der Waals surface area (Å²) >= 11 is 0. The van der Waals surface area contributed by atoms with Crippen LogP contribution in [0.5, 0.6) is 5.75 Å². The zero-order chi connectivity index (χ0) is 12.1. The SMILES string of the molecule is CCOc1ccc(C)cc1Cc1ccccc1. The third-order valence-corrected chi connectivity index (χ3v) is 2.75. The van der Waals surface area contributed by atoms with Crippen molar-refractivity contribution < 1.29 is 4.74 Å². The van der Waals surface area contributed by atoms with E-state index in [0.29, 0.717) is 6.61 Å². The van der Waals surface area contributed by atoms with Gasteiger partial charge in [0, 0.05) is 6.42 Å². The third kappa shape index (κ3) is 3.10. The molecule has 2 rings (SSSR count). The average Bonchev–Trinajstić information content (AvgIpc) is 2.34. The Balaban J connectivity index is 2.27. The number of ether oxygens (including phenoxy) is 1. The molecule has 1 nitrogen and oxygen atoms in total. The van der Waals surface area contributed by atoms with E-state index >= 15 is 0 Å². The van der Waals surface area contributed by atoms with Crippen molar-refractivity contribution in [2.45, 2.75) is 20.3 Å². The van der Waals surface area contributed by atoms with Crippen LogP contribution in [0, 0.1) is 6.92 Å².